The van der Waals surface area contributed by atoms with Gasteiger partial charge in [0.25, 0.3) is 5.89 Å². The molecule has 2 heterocycles. The van der Waals surface area contributed by atoms with Gasteiger partial charge in [-0.3, -0.25) is 9.98 Å². The van der Waals surface area contributed by atoms with Crippen LogP contribution in [0.5, 0.6) is 0 Å². The molecule has 8 heteroatoms. The Bertz CT molecular complexity index is 736. The normalized spacial score (nSPS) is 19.4. The fourth-order valence-corrected chi connectivity index (χ4v) is 3.76. The van der Waals surface area contributed by atoms with Crippen LogP contribution < -0.4 is 10.6 Å². The van der Waals surface area contributed by atoms with Gasteiger partial charge in [0, 0.05) is 32.3 Å². The van der Waals surface area contributed by atoms with E-state index >= 15 is 0 Å². The number of guanidine groups is 1. The van der Waals surface area contributed by atoms with Crippen molar-refractivity contribution in [2.24, 2.45) is 16.8 Å². The number of nitrogens with zero attached hydrogens (tertiary/aromatic N) is 4. The Balaban J connectivity index is 0.00000300. The van der Waals surface area contributed by atoms with Crippen LogP contribution in [-0.2, 0) is 6.42 Å². The second-order valence-corrected chi connectivity index (χ2v) is 7.59. The molecule has 0 radical (unpaired) electrons. The average Bonchev–Trinajstić information content (AvgIpc) is 3.18. The van der Waals surface area contributed by atoms with Crippen molar-refractivity contribution < 1.29 is 4.52 Å². The van der Waals surface area contributed by atoms with E-state index in [0.717, 1.165) is 30.9 Å². The summed E-state index contributed by atoms with van der Waals surface area (Å²) in [4.78, 5) is 13.4. The maximum atomic E-state index is 5.30. The number of pyridine rings is 1. The number of aromatic nitrogens is 3. The summed E-state index contributed by atoms with van der Waals surface area (Å²) in [6.45, 7) is 6.88. The maximum absolute atomic E-state index is 5.30. The number of hydrogen-bond acceptors (Lipinski definition) is 5. The Kier molecular flexibility index (Phi) is 10.4. The minimum Gasteiger partial charge on any atom is -0.357 e. The molecule has 0 saturated heterocycles. The molecule has 3 rings (SSSR count). The van der Waals surface area contributed by atoms with Gasteiger partial charge in [0.05, 0.1) is 0 Å². The topological polar surface area (TPSA) is 88.2 Å². The summed E-state index contributed by atoms with van der Waals surface area (Å²) in [5, 5.41) is 10.7. The zero-order valence-electron chi connectivity index (χ0n) is 17.4. The third-order valence-electron chi connectivity index (χ3n) is 5.19. The molecule has 160 valence electrons. The Morgan fingerprint density at radius 1 is 1.28 bits per heavy atom. The Labute approximate surface area is 190 Å². The van der Waals surface area contributed by atoms with Crippen LogP contribution in [0.3, 0.4) is 0 Å². The standard InChI is InChI=1S/C21H32N6O.HI/c1-3-22-21(24-13-10-17-8-6-7-16(2)15-17)25-14-11-19-26-20(28-27-19)18-9-4-5-12-23-18;/h4-5,9,12,16-17H,3,6-8,10-11,13-15H2,1-2H3,(H2,22,24,25);1H. The molecule has 2 unspecified atom stereocenters. The highest BCUT2D eigenvalue weighted by molar-refractivity contribution is 14.0. The maximum Gasteiger partial charge on any atom is 0.276 e. The third kappa shape index (κ3) is 7.91. The van der Waals surface area contributed by atoms with Crippen LogP contribution in [0.15, 0.2) is 33.9 Å². The van der Waals surface area contributed by atoms with Crippen molar-refractivity contribution in [2.75, 3.05) is 19.6 Å². The van der Waals surface area contributed by atoms with Gasteiger partial charge >= 0.3 is 0 Å². The lowest BCUT2D eigenvalue weighted by molar-refractivity contribution is 0.272. The highest BCUT2D eigenvalue weighted by Gasteiger charge is 2.18. The Morgan fingerprint density at radius 2 is 2.17 bits per heavy atom. The summed E-state index contributed by atoms with van der Waals surface area (Å²) in [5.74, 6) is 3.69. The van der Waals surface area contributed by atoms with Gasteiger partial charge in [-0.05, 0) is 43.7 Å². The van der Waals surface area contributed by atoms with Crippen molar-refractivity contribution in [3.05, 3.63) is 30.2 Å². The molecule has 0 amide bonds. The first-order chi connectivity index (χ1) is 13.7. The predicted octanol–water partition coefficient (Wildman–Crippen LogP) is 4.06. The summed E-state index contributed by atoms with van der Waals surface area (Å²) in [7, 11) is 0. The molecule has 1 aliphatic rings. The minimum absolute atomic E-state index is 0. The van der Waals surface area contributed by atoms with Gasteiger partial charge in [-0.1, -0.05) is 37.4 Å². The van der Waals surface area contributed by atoms with E-state index in [0.29, 0.717) is 30.4 Å². The van der Waals surface area contributed by atoms with Crippen LogP contribution >= 0.6 is 24.0 Å². The van der Waals surface area contributed by atoms with Gasteiger partial charge in [0.15, 0.2) is 11.8 Å². The first kappa shape index (κ1) is 23.6. The van der Waals surface area contributed by atoms with Crippen molar-refractivity contribution in [3.63, 3.8) is 0 Å². The van der Waals surface area contributed by atoms with Gasteiger partial charge in [-0.2, -0.15) is 4.98 Å². The largest absolute Gasteiger partial charge is 0.357 e. The van der Waals surface area contributed by atoms with Crippen LogP contribution in [0, 0.1) is 11.8 Å². The first-order valence-electron chi connectivity index (χ1n) is 10.5. The molecule has 1 fully saturated rings. The fourth-order valence-electron chi connectivity index (χ4n) is 3.76. The van der Waals surface area contributed by atoms with Crippen molar-refractivity contribution in [1.82, 2.24) is 25.8 Å². The second kappa shape index (κ2) is 12.8. The fraction of sp³-hybridized carbons (Fsp3) is 0.619. The summed E-state index contributed by atoms with van der Waals surface area (Å²) < 4.78 is 5.30. The lowest BCUT2D eigenvalue weighted by Crippen LogP contribution is -2.38. The molecule has 0 bridgehead atoms. The molecular formula is C21H33IN6O. The van der Waals surface area contributed by atoms with E-state index in [-0.39, 0.29) is 24.0 Å². The highest BCUT2D eigenvalue weighted by Crippen LogP contribution is 2.30. The van der Waals surface area contributed by atoms with E-state index in [1.165, 1.54) is 32.1 Å². The zero-order valence-corrected chi connectivity index (χ0v) is 19.8. The van der Waals surface area contributed by atoms with Crippen LogP contribution in [0.25, 0.3) is 11.6 Å². The van der Waals surface area contributed by atoms with Crippen LogP contribution in [0.4, 0.5) is 0 Å². The molecule has 2 atom stereocenters. The number of nitrogens with one attached hydrogen (secondary N) is 2. The summed E-state index contributed by atoms with van der Waals surface area (Å²) >= 11 is 0. The number of halogens is 1. The molecule has 1 aliphatic carbocycles. The first-order valence-corrected chi connectivity index (χ1v) is 10.5. The van der Waals surface area contributed by atoms with E-state index in [4.69, 9.17) is 9.52 Å². The Morgan fingerprint density at radius 3 is 2.93 bits per heavy atom. The van der Waals surface area contributed by atoms with Crippen molar-refractivity contribution in [3.8, 4) is 11.6 Å². The smallest absolute Gasteiger partial charge is 0.276 e. The molecule has 2 aromatic heterocycles. The third-order valence-corrected chi connectivity index (χ3v) is 5.19. The minimum atomic E-state index is 0. The molecule has 1 saturated carbocycles. The monoisotopic (exact) mass is 512 g/mol. The molecular weight excluding hydrogens is 479 g/mol. The van der Waals surface area contributed by atoms with Crippen molar-refractivity contribution >= 4 is 29.9 Å². The number of rotatable bonds is 8. The molecule has 29 heavy (non-hydrogen) atoms. The van der Waals surface area contributed by atoms with Crippen LogP contribution in [0.1, 0.15) is 51.8 Å². The average molecular weight is 512 g/mol. The molecule has 7 nitrogen and oxygen atoms in total. The van der Waals surface area contributed by atoms with E-state index in [2.05, 4.69) is 39.6 Å². The van der Waals surface area contributed by atoms with Gasteiger partial charge in [0.1, 0.15) is 5.69 Å². The number of hydrogen-bond donors (Lipinski definition) is 2. The summed E-state index contributed by atoms with van der Waals surface area (Å²) in [6, 6.07) is 5.63. The second-order valence-electron chi connectivity index (χ2n) is 7.59. The van der Waals surface area contributed by atoms with Crippen LogP contribution in [-0.4, -0.2) is 40.7 Å². The van der Waals surface area contributed by atoms with E-state index in [9.17, 15) is 0 Å². The van der Waals surface area contributed by atoms with Gasteiger partial charge in [-0.15, -0.1) is 24.0 Å². The molecule has 2 aromatic rings. The molecule has 0 aromatic carbocycles. The van der Waals surface area contributed by atoms with E-state index in [1.807, 2.05) is 18.2 Å². The quantitative estimate of drug-likeness (QED) is 0.315. The van der Waals surface area contributed by atoms with Gasteiger partial charge < -0.3 is 15.2 Å². The van der Waals surface area contributed by atoms with Crippen molar-refractivity contribution in [1.29, 1.82) is 0 Å². The predicted molar refractivity (Wildman–Crippen MR) is 126 cm³/mol. The van der Waals surface area contributed by atoms with Crippen LogP contribution in [0.2, 0.25) is 0 Å². The van der Waals surface area contributed by atoms with E-state index in [1.54, 1.807) is 6.20 Å². The summed E-state index contributed by atoms with van der Waals surface area (Å²) in [5.41, 5.74) is 0.696. The van der Waals surface area contributed by atoms with Crippen molar-refractivity contribution in [2.45, 2.75) is 52.4 Å². The number of aliphatic imine (C=N–C) groups is 1. The SMILES string of the molecule is CCNC(=NCCC1CCCC(C)C1)NCCc1noc(-c2ccccn2)n1.I. The lowest BCUT2D eigenvalue weighted by atomic mass is 9.81. The highest BCUT2D eigenvalue weighted by atomic mass is 127. The molecule has 2 N–H and O–H groups in total. The van der Waals surface area contributed by atoms with E-state index < -0.39 is 0 Å². The molecule has 0 spiro atoms. The lowest BCUT2D eigenvalue weighted by Gasteiger charge is -2.26. The zero-order chi connectivity index (χ0) is 19.6. The van der Waals surface area contributed by atoms with Gasteiger partial charge in [-0.25, -0.2) is 0 Å². The Hall–Kier alpha value is -1.71. The molecule has 0 aliphatic heterocycles. The summed E-state index contributed by atoms with van der Waals surface area (Å²) in [6.07, 6.45) is 9.05. The van der Waals surface area contributed by atoms with Gasteiger partial charge in [0.2, 0.25) is 0 Å².